The molecule has 5 atom stereocenters. The zero-order valence-corrected chi connectivity index (χ0v) is 18.9. The van der Waals surface area contributed by atoms with Crippen LogP contribution in [0.1, 0.15) is 55.3 Å². The van der Waals surface area contributed by atoms with Gasteiger partial charge in [-0.3, -0.25) is 14.0 Å². The van der Waals surface area contributed by atoms with E-state index in [2.05, 4.69) is 16.2 Å². The topological polar surface area (TPSA) is 62.3 Å². The van der Waals surface area contributed by atoms with Gasteiger partial charge in [0.25, 0.3) is 0 Å². The standard InChI is InChI=1S/C23H30F3N3O2S/c1-32(31)8-5-18(14-32)28-19-10-16-3-2-6-22(16,11-19)21(30)29-7-4-20-15(13-29)9-17(12-27-20)23(24,25)26/h9,12,16,18-19,28H,1-8,10-11,13-14H2. The summed E-state index contributed by atoms with van der Waals surface area (Å²) < 4.78 is 51.7. The lowest BCUT2D eigenvalue weighted by molar-refractivity contribution is -0.144. The molecule has 3 fully saturated rings. The molecule has 5 rings (SSSR count). The van der Waals surface area contributed by atoms with Crippen molar-refractivity contribution >= 4 is 21.3 Å². The highest BCUT2D eigenvalue weighted by atomic mass is 32.2. The van der Waals surface area contributed by atoms with Crippen molar-refractivity contribution in [2.75, 3.05) is 18.1 Å². The minimum atomic E-state index is -4.44. The minimum Gasteiger partial charge on any atom is -0.337 e. The van der Waals surface area contributed by atoms with Gasteiger partial charge in [0, 0.05) is 55.0 Å². The summed E-state index contributed by atoms with van der Waals surface area (Å²) in [4.78, 5) is 19.6. The van der Waals surface area contributed by atoms with Gasteiger partial charge in [-0.1, -0.05) is 6.42 Å². The molecule has 2 aliphatic heterocycles. The normalized spacial score (nSPS) is 36.8. The van der Waals surface area contributed by atoms with Crippen molar-refractivity contribution in [3.8, 4) is 0 Å². The Morgan fingerprint density at radius 1 is 1.31 bits per heavy atom. The van der Waals surface area contributed by atoms with Crippen molar-refractivity contribution in [1.82, 2.24) is 15.2 Å². The van der Waals surface area contributed by atoms with Gasteiger partial charge in [0.15, 0.2) is 0 Å². The van der Waals surface area contributed by atoms with Crippen LogP contribution >= 0.6 is 0 Å². The number of aromatic nitrogens is 1. The van der Waals surface area contributed by atoms with E-state index in [1.165, 1.54) is 0 Å². The number of hydrogen-bond acceptors (Lipinski definition) is 4. The van der Waals surface area contributed by atoms with Crippen LogP contribution < -0.4 is 5.32 Å². The van der Waals surface area contributed by atoms with Crippen LogP contribution in [-0.4, -0.2) is 56.0 Å². The van der Waals surface area contributed by atoms with Crippen molar-refractivity contribution < 1.29 is 22.2 Å². The Morgan fingerprint density at radius 2 is 2.12 bits per heavy atom. The van der Waals surface area contributed by atoms with Gasteiger partial charge in [-0.15, -0.1) is 0 Å². The molecule has 2 aliphatic carbocycles. The Morgan fingerprint density at radius 3 is 2.84 bits per heavy atom. The third kappa shape index (κ3) is 3.95. The van der Waals surface area contributed by atoms with Crippen LogP contribution in [0.3, 0.4) is 0 Å². The largest absolute Gasteiger partial charge is 0.417 e. The van der Waals surface area contributed by atoms with Crippen LogP contribution in [0.4, 0.5) is 13.2 Å². The fourth-order valence-corrected chi connectivity index (χ4v) is 8.42. The summed E-state index contributed by atoms with van der Waals surface area (Å²) in [6.07, 6.45) is 2.38. The van der Waals surface area contributed by atoms with E-state index in [-0.39, 0.29) is 24.5 Å². The molecule has 2 saturated carbocycles. The van der Waals surface area contributed by atoms with E-state index in [1.54, 1.807) is 4.90 Å². The number of carbonyl (C=O) groups is 1. The summed E-state index contributed by atoms with van der Waals surface area (Å²) in [5.74, 6) is 5.51. The number of nitrogens with one attached hydrogen (secondary N) is 1. The highest BCUT2D eigenvalue weighted by Gasteiger charge is 2.56. The fraction of sp³-hybridized carbons (Fsp3) is 0.696. The van der Waals surface area contributed by atoms with Gasteiger partial charge in [-0.2, -0.15) is 13.2 Å². The Hall–Kier alpha value is -1.61. The van der Waals surface area contributed by atoms with E-state index >= 15 is 0 Å². The first-order valence-corrected chi connectivity index (χ1v) is 13.6. The van der Waals surface area contributed by atoms with E-state index in [1.807, 2.05) is 0 Å². The van der Waals surface area contributed by atoms with Gasteiger partial charge in [-0.25, -0.2) is 0 Å². The minimum absolute atomic E-state index is 0.0970. The number of hydrogen-bond donors (Lipinski definition) is 1. The molecule has 9 heteroatoms. The lowest BCUT2D eigenvalue weighted by Gasteiger charge is -2.37. The van der Waals surface area contributed by atoms with Crippen LogP contribution in [0, 0.1) is 11.3 Å². The molecule has 5 unspecified atom stereocenters. The molecule has 1 aromatic heterocycles. The Balaban J connectivity index is 1.31. The number of carbonyl (C=O) groups excluding carboxylic acids is 1. The number of fused-ring (bicyclic) bond motifs is 2. The van der Waals surface area contributed by atoms with E-state index in [0.29, 0.717) is 41.6 Å². The molecule has 0 bridgehead atoms. The number of rotatable bonds is 3. The number of alkyl halides is 3. The molecule has 1 N–H and O–H groups in total. The molecule has 0 aromatic carbocycles. The smallest absolute Gasteiger partial charge is 0.337 e. The van der Waals surface area contributed by atoms with Gasteiger partial charge < -0.3 is 10.2 Å². The second-order valence-corrected chi connectivity index (χ2v) is 12.8. The summed E-state index contributed by atoms with van der Waals surface area (Å²) in [6, 6.07) is 1.57. The highest BCUT2D eigenvalue weighted by molar-refractivity contribution is 8.00. The Bertz CT molecular complexity index is 1030. The van der Waals surface area contributed by atoms with Crippen LogP contribution in [-0.2, 0) is 33.5 Å². The van der Waals surface area contributed by atoms with E-state index in [4.69, 9.17) is 0 Å². The fourth-order valence-electron chi connectivity index (χ4n) is 6.54. The molecule has 3 heterocycles. The number of pyridine rings is 1. The van der Waals surface area contributed by atoms with Gasteiger partial charge in [0.1, 0.15) is 0 Å². The second kappa shape index (κ2) is 7.72. The summed E-state index contributed by atoms with van der Waals surface area (Å²) in [6.45, 7) is 0.701. The lowest BCUT2D eigenvalue weighted by Crippen LogP contribution is -2.47. The molecular weight excluding hydrogens is 439 g/mol. The van der Waals surface area contributed by atoms with Gasteiger partial charge in [-0.05, 0) is 65.0 Å². The van der Waals surface area contributed by atoms with E-state index in [9.17, 15) is 22.2 Å². The maximum absolute atomic E-state index is 13.8. The second-order valence-electron chi connectivity index (χ2n) is 10.2. The quantitative estimate of drug-likeness (QED) is 0.692. The van der Waals surface area contributed by atoms with Crippen LogP contribution in [0.25, 0.3) is 0 Å². The third-order valence-corrected chi connectivity index (χ3v) is 10.0. The zero-order chi connectivity index (χ0) is 22.7. The van der Waals surface area contributed by atoms with Gasteiger partial charge in [0.05, 0.1) is 11.0 Å². The molecule has 176 valence electrons. The highest BCUT2D eigenvalue weighted by Crippen LogP contribution is 2.55. The average Bonchev–Trinajstić information content (AvgIpc) is 3.38. The molecule has 5 nitrogen and oxygen atoms in total. The van der Waals surface area contributed by atoms with Crippen LogP contribution in [0.5, 0.6) is 0 Å². The number of halogens is 3. The first-order chi connectivity index (χ1) is 15.1. The molecule has 4 aliphatic rings. The Kier molecular flexibility index (Phi) is 5.36. The summed E-state index contributed by atoms with van der Waals surface area (Å²) in [7, 11) is -1.97. The third-order valence-electron chi connectivity index (χ3n) is 8.03. The van der Waals surface area contributed by atoms with Crippen molar-refractivity contribution in [3.63, 3.8) is 0 Å². The van der Waals surface area contributed by atoms with Crippen molar-refractivity contribution in [2.24, 2.45) is 11.3 Å². The summed E-state index contributed by atoms with van der Waals surface area (Å²) in [5.41, 5.74) is -0.0128. The zero-order valence-electron chi connectivity index (χ0n) is 18.1. The maximum atomic E-state index is 13.8. The van der Waals surface area contributed by atoms with Crippen molar-refractivity contribution in [1.29, 1.82) is 0 Å². The SMILES string of the molecule is C=S1(=O)CCC(NC2CC3CCCC3(C(=O)N3CCc4ncc(C(F)(F)F)cc4C3)C2)C1. The van der Waals surface area contributed by atoms with Crippen LogP contribution in [0.15, 0.2) is 12.3 Å². The first kappa shape index (κ1) is 22.2. The summed E-state index contributed by atoms with van der Waals surface area (Å²) in [5, 5.41) is 3.66. The molecule has 1 saturated heterocycles. The number of amides is 1. The van der Waals surface area contributed by atoms with E-state index in [0.717, 1.165) is 50.8 Å². The maximum Gasteiger partial charge on any atom is 0.417 e. The first-order valence-electron chi connectivity index (χ1n) is 11.5. The van der Waals surface area contributed by atoms with Crippen molar-refractivity contribution in [3.05, 3.63) is 29.1 Å². The Labute approximate surface area is 187 Å². The average molecular weight is 470 g/mol. The molecule has 0 spiro atoms. The molecule has 0 radical (unpaired) electrons. The number of nitrogens with zero attached hydrogens (tertiary/aromatic N) is 2. The van der Waals surface area contributed by atoms with E-state index < -0.39 is 26.7 Å². The summed E-state index contributed by atoms with van der Waals surface area (Å²) >= 11 is 0. The monoisotopic (exact) mass is 469 g/mol. The van der Waals surface area contributed by atoms with Crippen LogP contribution in [0.2, 0.25) is 0 Å². The molecular formula is C23H30F3N3O2S. The predicted octanol–water partition coefficient (Wildman–Crippen LogP) is 3.01. The van der Waals surface area contributed by atoms with Gasteiger partial charge in [0.2, 0.25) is 5.91 Å². The van der Waals surface area contributed by atoms with Gasteiger partial charge >= 0.3 is 6.18 Å². The molecule has 32 heavy (non-hydrogen) atoms. The lowest BCUT2D eigenvalue weighted by atomic mass is 9.78. The molecule has 1 amide bonds. The van der Waals surface area contributed by atoms with Crippen molar-refractivity contribution in [2.45, 2.75) is 69.8 Å². The predicted molar refractivity (Wildman–Crippen MR) is 118 cm³/mol. The molecule has 1 aromatic rings.